The van der Waals surface area contributed by atoms with Crippen molar-refractivity contribution in [3.63, 3.8) is 0 Å². The number of nitrogens with zero attached hydrogens (tertiary/aromatic N) is 1. The van der Waals surface area contributed by atoms with E-state index in [1.807, 2.05) is 30.3 Å². The molecule has 0 N–H and O–H groups in total. The van der Waals surface area contributed by atoms with Crippen LogP contribution < -0.4 is 0 Å². The van der Waals surface area contributed by atoms with Crippen LogP contribution in [-0.4, -0.2) is 26.4 Å². The van der Waals surface area contributed by atoms with E-state index >= 15 is 0 Å². The van der Waals surface area contributed by atoms with Crippen LogP contribution in [0.5, 0.6) is 0 Å². The number of sulfone groups is 1. The Bertz CT molecular complexity index is 783. The molecule has 20 heavy (non-hydrogen) atoms. The molecule has 0 spiro atoms. The van der Waals surface area contributed by atoms with Gasteiger partial charge >= 0.3 is 0 Å². The molecule has 2 aromatic rings. The van der Waals surface area contributed by atoms with Crippen molar-refractivity contribution in [2.75, 3.05) is 12.3 Å². The van der Waals surface area contributed by atoms with E-state index in [2.05, 4.69) is 4.99 Å². The third kappa shape index (κ3) is 2.37. The monoisotopic (exact) mass is 305 g/mol. The van der Waals surface area contributed by atoms with Gasteiger partial charge in [0.2, 0.25) is 0 Å². The molecule has 5 heteroatoms. The number of rotatable bonds is 1. The molecule has 1 heterocycles. The maximum absolute atomic E-state index is 12.3. The lowest BCUT2D eigenvalue weighted by atomic mass is 10.0. The molecule has 0 bridgehead atoms. The molecule has 0 aromatic heterocycles. The predicted octanol–water partition coefficient (Wildman–Crippen LogP) is 2.96. The summed E-state index contributed by atoms with van der Waals surface area (Å²) < 4.78 is 24.5. The molecule has 0 saturated heterocycles. The lowest BCUT2D eigenvalue weighted by Gasteiger charge is -2.10. The van der Waals surface area contributed by atoms with Crippen molar-refractivity contribution in [2.24, 2.45) is 4.99 Å². The molecule has 1 aliphatic rings. The summed E-state index contributed by atoms with van der Waals surface area (Å²) in [6.45, 7) is 0.263. The van der Waals surface area contributed by atoms with Crippen LogP contribution in [0.4, 0.5) is 0 Å². The summed E-state index contributed by atoms with van der Waals surface area (Å²) in [6, 6.07) is 14.4. The van der Waals surface area contributed by atoms with Crippen LogP contribution in [0.1, 0.15) is 11.1 Å². The molecule has 0 atom stereocenters. The van der Waals surface area contributed by atoms with Crippen molar-refractivity contribution < 1.29 is 8.42 Å². The molecular formula is C15H12ClNO2S. The molecule has 1 aliphatic heterocycles. The average molecular weight is 306 g/mol. The van der Waals surface area contributed by atoms with Gasteiger partial charge in [-0.15, -0.1) is 0 Å². The number of halogens is 1. The van der Waals surface area contributed by atoms with E-state index < -0.39 is 9.84 Å². The normalized spacial score (nSPS) is 16.9. The number of benzene rings is 2. The van der Waals surface area contributed by atoms with Gasteiger partial charge in [0.05, 0.1) is 22.9 Å². The summed E-state index contributed by atoms with van der Waals surface area (Å²) in [4.78, 5) is 4.76. The van der Waals surface area contributed by atoms with Crippen LogP contribution in [0.25, 0.3) is 0 Å². The van der Waals surface area contributed by atoms with Gasteiger partial charge in [-0.3, -0.25) is 4.99 Å². The van der Waals surface area contributed by atoms with Gasteiger partial charge in [-0.2, -0.15) is 0 Å². The van der Waals surface area contributed by atoms with Gasteiger partial charge in [-0.1, -0.05) is 41.9 Å². The fraction of sp³-hybridized carbons (Fsp3) is 0.133. The van der Waals surface area contributed by atoms with Crippen molar-refractivity contribution in [1.29, 1.82) is 0 Å². The second kappa shape index (κ2) is 5.04. The van der Waals surface area contributed by atoms with Crippen molar-refractivity contribution in [3.05, 3.63) is 64.7 Å². The maximum atomic E-state index is 12.3. The fourth-order valence-corrected chi connectivity index (χ4v) is 3.76. The van der Waals surface area contributed by atoms with Gasteiger partial charge in [-0.05, 0) is 18.2 Å². The minimum absolute atomic E-state index is 0.0258. The van der Waals surface area contributed by atoms with Gasteiger partial charge in [0.15, 0.2) is 9.84 Å². The molecular weight excluding hydrogens is 294 g/mol. The zero-order chi connectivity index (χ0) is 14.2. The zero-order valence-electron chi connectivity index (χ0n) is 10.6. The topological polar surface area (TPSA) is 46.5 Å². The van der Waals surface area contributed by atoms with E-state index in [-0.39, 0.29) is 12.3 Å². The third-order valence-electron chi connectivity index (χ3n) is 3.21. The molecule has 0 fully saturated rings. The lowest BCUT2D eigenvalue weighted by Crippen LogP contribution is -2.10. The van der Waals surface area contributed by atoms with E-state index in [0.717, 1.165) is 5.56 Å². The number of hydrogen-bond acceptors (Lipinski definition) is 3. The third-order valence-corrected chi connectivity index (χ3v) is 5.19. The average Bonchev–Trinajstić information content (AvgIpc) is 2.56. The minimum atomic E-state index is -3.31. The number of aliphatic imine (C=N–C) groups is 1. The fourth-order valence-electron chi connectivity index (χ4n) is 2.27. The molecule has 0 radical (unpaired) electrons. The van der Waals surface area contributed by atoms with Gasteiger partial charge < -0.3 is 0 Å². The molecule has 0 saturated carbocycles. The Morgan fingerprint density at radius 3 is 2.55 bits per heavy atom. The predicted molar refractivity (Wildman–Crippen MR) is 80.5 cm³/mol. The van der Waals surface area contributed by atoms with Gasteiger partial charge in [0.25, 0.3) is 0 Å². The minimum Gasteiger partial charge on any atom is -0.283 e. The lowest BCUT2D eigenvalue weighted by molar-refractivity contribution is 0.596. The summed E-state index contributed by atoms with van der Waals surface area (Å²) in [7, 11) is -3.31. The Hall–Kier alpha value is -1.65. The molecule has 3 rings (SSSR count). The highest BCUT2D eigenvalue weighted by Gasteiger charge is 2.25. The van der Waals surface area contributed by atoms with Crippen molar-refractivity contribution in [3.8, 4) is 0 Å². The molecule has 0 aliphatic carbocycles. The van der Waals surface area contributed by atoms with E-state index in [1.54, 1.807) is 18.2 Å². The Kier molecular flexibility index (Phi) is 3.36. The van der Waals surface area contributed by atoms with Crippen LogP contribution in [0.3, 0.4) is 0 Å². The van der Waals surface area contributed by atoms with Crippen LogP contribution in [0.2, 0.25) is 5.02 Å². The largest absolute Gasteiger partial charge is 0.283 e. The van der Waals surface area contributed by atoms with Gasteiger partial charge in [0, 0.05) is 16.1 Å². The second-order valence-electron chi connectivity index (χ2n) is 4.56. The van der Waals surface area contributed by atoms with Crippen LogP contribution in [-0.2, 0) is 9.84 Å². The first kappa shape index (κ1) is 13.3. The SMILES string of the molecule is O=S1(=O)CCN=C(c2ccccc2)c2cc(Cl)ccc21. The molecule has 2 aromatic carbocycles. The molecule has 3 nitrogen and oxygen atoms in total. The Balaban J connectivity index is 2.28. The summed E-state index contributed by atoms with van der Waals surface area (Å²) in [5, 5.41) is 0.504. The summed E-state index contributed by atoms with van der Waals surface area (Å²) in [6.07, 6.45) is 0. The van der Waals surface area contributed by atoms with Crippen LogP contribution in [0, 0.1) is 0 Å². The number of fused-ring (bicyclic) bond motifs is 1. The Morgan fingerprint density at radius 2 is 1.80 bits per heavy atom. The summed E-state index contributed by atoms with van der Waals surface area (Å²) in [5.41, 5.74) is 2.17. The Labute approximate surface area is 122 Å². The first-order valence-corrected chi connectivity index (χ1v) is 8.23. The van der Waals surface area contributed by atoms with Crippen molar-refractivity contribution >= 4 is 27.1 Å². The van der Waals surface area contributed by atoms with Crippen molar-refractivity contribution in [2.45, 2.75) is 4.90 Å². The van der Waals surface area contributed by atoms with Gasteiger partial charge in [-0.25, -0.2) is 8.42 Å². The molecule has 0 unspecified atom stereocenters. The van der Waals surface area contributed by atoms with Crippen molar-refractivity contribution in [1.82, 2.24) is 0 Å². The first-order valence-electron chi connectivity index (χ1n) is 6.20. The molecule has 0 amide bonds. The van der Waals surface area contributed by atoms with E-state index in [1.165, 1.54) is 0 Å². The summed E-state index contributed by atoms with van der Waals surface area (Å²) >= 11 is 6.03. The van der Waals surface area contributed by atoms with E-state index in [9.17, 15) is 8.42 Å². The maximum Gasteiger partial charge on any atom is 0.180 e. The standard InChI is InChI=1S/C15H12ClNO2S/c16-12-6-7-14-13(10-12)15(11-4-2-1-3-5-11)17-8-9-20(14,18)19/h1-7,10H,8-9H2. The highest BCUT2D eigenvalue weighted by molar-refractivity contribution is 7.91. The van der Waals surface area contributed by atoms with Crippen LogP contribution in [0.15, 0.2) is 58.4 Å². The second-order valence-corrected chi connectivity index (χ2v) is 7.07. The van der Waals surface area contributed by atoms with Crippen LogP contribution >= 0.6 is 11.6 Å². The highest BCUT2D eigenvalue weighted by atomic mass is 35.5. The van der Waals surface area contributed by atoms with E-state index in [0.29, 0.717) is 21.2 Å². The zero-order valence-corrected chi connectivity index (χ0v) is 12.2. The number of hydrogen-bond donors (Lipinski definition) is 0. The Morgan fingerprint density at radius 1 is 1.05 bits per heavy atom. The summed E-state index contributed by atoms with van der Waals surface area (Å²) in [5.74, 6) is 0.0258. The molecule has 102 valence electrons. The quantitative estimate of drug-likeness (QED) is 0.813. The first-order chi connectivity index (χ1) is 9.58. The highest BCUT2D eigenvalue weighted by Crippen LogP contribution is 2.26. The van der Waals surface area contributed by atoms with Gasteiger partial charge in [0.1, 0.15) is 0 Å². The van der Waals surface area contributed by atoms with E-state index in [4.69, 9.17) is 11.6 Å². The smallest absolute Gasteiger partial charge is 0.180 e.